The largest absolute Gasteiger partial charge is 0.493 e. The fourth-order valence-corrected chi connectivity index (χ4v) is 2.60. The molecule has 0 bridgehead atoms. The standard InChI is InChI=1S/C16H16FN3O/c1-3-14-13(9-11-6-10(2)7-12(17)8-11)16(21)20-15(19-14)4-5-18-20/h4-8,21H,3,9H2,1-2H3. The van der Waals surface area contributed by atoms with Gasteiger partial charge in [-0.05, 0) is 36.6 Å². The van der Waals surface area contributed by atoms with Crippen molar-refractivity contribution in [2.24, 2.45) is 0 Å². The first-order chi connectivity index (χ1) is 10.1. The van der Waals surface area contributed by atoms with Gasteiger partial charge in [0.1, 0.15) is 5.82 Å². The van der Waals surface area contributed by atoms with E-state index >= 15 is 0 Å². The molecule has 0 unspecified atom stereocenters. The Bertz CT molecular complexity index is 790. The molecule has 0 aliphatic rings. The summed E-state index contributed by atoms with van der Waals surface area (Å²) in [6.07, 6.45) is 2.72. The molecule has 2 aromatic heterocycles. The summed E-state index contributed by atoms with van der Waals surface area (Å²) in [5.41, 5.74) is 3.78. The molecule has 0 aliphatic heterocycles. The van der Waals surface area contributed by atoms with Crippen molar-refractivity contribution in [2.75, 3.05) is 0 Å². The Balaban J connectivity index is 2.12. The van der Waals surface area contributed by atoms with Crippen LogP contribution in [0.15, 0.2) is 30.5 Å². The van der Waals surface area contributed by atoms with Gasteiger partial charge in [0.15, 0.2) is 5.65 Å². The minimum atomic E-state index is -0.268. The second kappa shape index (κ2) is 5.16. The number of fused-ring (bicyclic) bond motifs is 1. The maximum Gasteiger partial charge on any atom is 0.219 e. The molecule has 0 saturated heterocycles. The van der Waals surface area contributed by atoms with Gasteiger partial charge in [0, 0.05) is 18.1 Å². The van der Waals surface area contributed by atoms with E-state index in [-0.39, 0.29) is 11.7 Å². The van der Waals surface area contributed by atoms with E-state index in [1.807, 2.05) is 19.9 Å². The quantitative estimate of drug-likeness (QED) is 0.804. The lowest BCUT2D eigenvalue weighted by atomic mass is 10.0. The zero-order valence-electron chi connectivity index (χ0n) is 12.0. The molecule has 0 spiro atoms. The van der Waals surface area contributed by atoms with Crippen LogP contribution >= 0.6 is 0 Å². The van der Waals surface area contributed by atoms with E-state index < -0.39 is 0 Å². The second-order valence-corrected chi connectivity index (χ2v) is 5.13. The lowest BCUT2D eigenvalue weighted by Gasteiger charge is -2.11. The Morgan fingerprint density at radius 3 is 2.81 bits per heavy atom. The number of aromatic hydroxyl groups is 1. The van der Waals surface area contributed by atoms with E-state index in [9.17, 15) is 9.50 Å². The van der Waals surface area contributed by atoms with Gasteiger partial charge in [-0.15, -0.1) is 0 Å². The molecule has 0 amide bonds. The fraction of sp³-hybridized carbons (Fsp3) is 0.250. The number of rotatable bonds is 3. The van der Waals surface area contributed by atoms with Gasteiger partial charge in [0.25, 0.3) is 0 Å². The van der Waals surface area contributed by atoms with Gasteiger partial charge in [0.05, 0.1) is 11.9 Å². The molecule has 3 aromatic rings. The molecular weight excluding hydrogens is 269 g/mol. The Labute approximate surface area is 121 Å². The van der Waals surface area contributed by atoms with Crippen LogP contribution in [0.25, 0.3) is 5.65 Å². The van der Waals surface area contributed by atoms with Gasteiger partial charge in [-0.25, -0.2) is 9.37 Å². The topological polar surface area (TPSA) is 50.4 Å². The molecule has 21 heavy (non-hydrogen) atoms. The summed E-state index contributed by atoms with van der Waals surface area (Å²) >= 11 is 0. The Morgan fingerprint density at radius 2 is 2.10 bits per heavy atom. The highest BCUT2D eigenvalue weighted by Crippen LogP contribution is 2.25. The monoisotopic (exact) mass is 285 g/mol. The Kier molecular flexibility index (Phi) is 3.33. The summed E-state index contributed by atoms with van der Waals surface area (Å²) in [7, 11) is 0. The molecule has 4 nitrogen and oxygen atoms in total. The van der Waals surface area contributed by atoms with Crippen molar-refractivity contribution in [1.82, 2.24) is 14.6 Å². The molecule has 0 radical (unpaired) electrons. The summed E-state index contributed by atoms with van der Waals surface area (Å²) in [4.78, 5) is 4.50. The Morgan fingerprint density at radius 1 is 1.29 bits per heavy atom. The van der Waals surface area contributed by atoms with Gasteiger partial charge < -0.3 is 5.11 Å². The van der Waals surface area contributed by atoms with Crippen LogP contribution < -0.4 is 0 Å². The van der Waals surface area contributed by atoms with E-state index in [2.05, 4.69) is 10.1 Å². The lowest BCUT2D eigenvalue weighted by Crippen LogP contribution is -2.04. The van der Waals surface area contributed by atoms with E-state index in [4.69, 9.17) is 0 Å². The highest BCUT2D eigenvalue weighted by molar-refractivity contribution is 5.47. The third-order valence-corrected chi connectivity index (χ3v) is 3.51. The lowest BCUT2D eigenvalue weighted by molar-refractivity contribution is 0.427. The van der Waals surface area contributed by atoms with Gasteiger partial charge in [0.2, 0.25) is 5.88 Å². The normalized spacial score (nSPS) is 11.2. The fourth-order valence-electron chi connectivity index (χ4n) is 2.60. The van der Waals surface area contributed by atoms with Gasteiger partial charge in [-0.3, -0.25) is 0 Å². The summed E-state index contributed by atoms with van der Waals surface area (Å²) in [6.45, 7) is 3.83. The van der Waals surface area contributed by atoms with Crippen LogP contribution in [0.2, 0.25) is 0 Å². The maximum atomic E-state index is 13.5. The smallest absolute Gasteiger partial charge is 0.219 e. The molecule has 1 N–H and O–H groups in total. The summed E-state index contributed by atoms with van der Waals surface area (Å²) in [6, 6.07) is 6.63. The molecule has 0 saturated carbocycles. The van der Waals surface area contributed by atoms with Crippen molar-refractivity contribution in [3.8, 4) is 5.88 Å². The van der Waals surface area contributed by atoms with Crippen LogP contribution in [0.3, 0.4) is 0 Å². The highest BCUT2D eigenvalue weighted by Gasteiger charge is 2.15. The summed E-state index contributed by atoms with van der Waals surface area (Å²) in [5.74, 6) is -0.195. The number of benzene rings is 1. The molecule has 2 heterocycles. The molecule has 0 fully saturated rings. The van der Waals surface area contributed by atoms with Gasteiger partial charge in [-0.2, -0.15) is 9.61 Å². The second-order valence-electron chi connectivity index (χ2n) is 5.13. The minimum absolute atomic E-state index is 0.0729. The highest BCUT2D eigenvalue weighted by atomic mass is 19.1. The predicted octanol–water partition coefficient (Wildman–Crippen LogP) is 3.04. The first-order valence-electron chi connectivity index (χ1n) is 6.89. The molecular formula is C16H16FN3O. The van der Waals surface area contributed by atoms with Crippen LogP contribution in [-0.4, -0.2) is 19.7 Å². The van der Waals surface area contributed by atoms with Gasteiger partial charge >= 0.3 is 0 Å². The molecule has 5 heteroatoms. The zero-order chi connectivity index (χ0) is 15.0. The molecule has 3 rings (SSSR count). The average Bonchev–Trinajstić information content (AvgIpc) is 2.89. The maximum absolute atomic E-state index is 13.5. The van der Waals surface area contributed by atoms with Gasteiger partial charge in [-0.1, -0.05) is 13.0 Å². The third-order valence-electron chi connectivity index (χ3n) is 3.51. The van der Waals surface area contributed by atoms with Crippen LogP contribution in [0.4, 0.5) is 4.39 Å². The van der Waals surface area contributed by atoms with Crippen molar-refractivity contribution in [2.45, 2.75) is 26.7 Å². The van der Waals surface area contributed by atoms with E-state index in [0.29, 0.717) is 24.1 Å². The van der Waals surface area contributed by atoms with E-state index in [0.717, 1.165) is 16.8 Å². The van der Waals surface area contributed by atoms with E-state index in [1.54, 1.807) is 12.3 Å². The van der Waals surface area contributed by atoms with Crippen molar-refractivity contribution in [3.63, 3.8) is 0 Å². The van der Waals surface area contributed by atoms with Crippen molar-refractivity contribution >= 4 is 5.65 Å². The number of hydrogen-bond acceptors (Lipinski definition) is 3. The number of aryl methyl sites for hydroxylation is 2. The number of halogens is 1. The van der Waals surface area contributed by atoms with Crippen molar-refractivity contribution in [1.29, 1.82) is 0 Å². The minimum Gasteiger partial charge on any atom is -0.493 e. The average molecular weight is 285 g/mol. The molecule has 0 aliphatic carbocycles. The Hall–Kier alpha value is -2.43. The predicted molar refractivity (Wildman–Crippen MR) is 78.0 cm³/mol. The zero-order valence-corrected chi connectivity index (χ0v) is 12.0. The first kappa shape index (κ1) is 13.5. The SMILES string of the molecule is CCc1nc2ccnn2c(O)c1Cc1cc(C)cc(F)c1. The number of hydrogen-bond donors (Lipinski definition) is 1. The molecule has 0 atom stereocenters. The first-order valence-corrected chi connectivity index (χ1v) is 6.89. The molecule has 108 valence electrons. The molecule has 1 aromatic carbocycles. The van der Waals surface area contributed by atoms with Crippen LogP contribution in [-0.2, 0) is 12.8 Å². The summed E-state index contributed by atoms with van der Waals surface area (Å²) < 4.78 is 14.9. The number of aromatic nitrogens is 3. The third kappa shape index (κ3) is 2.46. The summed E-state index contributed by atoms with van der Waals surface area (Å²) in [5, 5.41) is 14.5. The van der Waals surface area contributed by atoms with Crippen LogP contribution in [0.1, 0.15) is 29.3 Å². The van der Waals surface area contributed by atoms with E-state index in [1.165, 1.54) is 16.6 Å². The van der Waals surface area contributed by atoms with Crippen LogP contribution in [0.5, 0.6) is 5.88 Å². The number of nitrogens with zero attached hydrogens (tertiary/aromatic N) is 3. The van der Waals surface area contributed by atoms with Crippen molar-refractivity contribution in [3.05, 3.63) is 58.7 Å². The van der Waals surface area contributed by atoms with Crippen molar-refractivity contribution < 1.29 is 9.50 Å². The van der Waals surface area contributed by atoms with Crippen LogP contribution in [0, 0.1) is 12.7 Å².